The van der Waals surface area contributed by atoms with E-state index in [9.17, 15) is 18.0 Å². The van der Waals surface area contributed by atoms with E-state index < -0.39 is 23.9 Å². The Morgan fingerprint density at radius 1 is 1.13 bits per heavy atom. The van der Waals surface area contributed by atoms with Crippen molar-refractivity contribution in [1.29, 1.82) is 0 Å². The molecular formula is C19H17F3N4O4. The number of para-hydroxylation sites is 2. The molecule has 1 aromatic carbocycles. The molecule has 158 valence electrons. The number of hydrogen-bond acceptors (Lipinski definition) is 6. The Morgan fingerprint density at radius 2 is 1.87 bits per heavy atom. The molecule has 0 aliphatic carbocycles. The molecule has 0 N–H and O–H groups in total. The standard InChI is InChI=1S/C19H17F3N4O4/c1-11-16-23-24-18(19(20,21)22)26(16)10-9-25(11)17(27)14-7-8-15(30-14)29-13-6-4-3-5-12(13)28-2/h3-8,11H,9-10H2,1-2H3. The summed E-state index contributed by atoms with van der Waals surface area (Å²) in [6.45, 7) is 1.57. The second-order valence-corrected chi connectivity index (χ2v) is 6.58. The number of hydrogen-bond donors (Lipinski definition) is 0. The lowest BCUT2D eigenvalue weighted by atomic mass is 10.2. The molecule has 4 rings (SSSR count). The van der Waals surface area contributed by atoms with Crippen LogP contribution in [-0.2, 0) is 12.7 Å². The number of carbonyl (C=O) groups is 1. The van der Waals surface area contributed by atoms with Crippen molar-refractivity contribution >= 4 is 5.91 Å². The Labute approximate surface area is 168 Å². The molecule has 8 nitrogen and oxygen atoms in total. The lowest BCUT2D eigenvalue weighted by Crippen LogP contribution is -2.41. The second kappa shape index (κ2) is 7.39. The van der Waals surface area contributed by atoms with E-state index in [4.69, 9.17) is 13.9 Å². The lowest BCUT2D eigenvalue weighted by Gasteiger charge is -2.33. The highest BCUT2D eigenvalue weighted by molar-refractivity contribution is 5.92. The molecule has 1 amide bonds. The average molecular weight is 422 g/mol. The van der Waals surface area contributed by atoms with Crippen LogP contribution in [0.25, 0.3) is 0 Å². The first-order chi connectivity index (χ1) is 14.3. The van der Waals surface area contributed by atoms with E-state index in [1.54, 1.807) is 31.2 Å². The number of fused-ring (bicyclic) bond motifs is 1. The maximum absolute atomic E-state index is 13.1. The molecule has 0 radical (unpaired) electrons. The third-order valence-electron chi connectivity index (χ3n) is 4.77. The summed E-state index contributed by atoms with van der Waals surface area (Å²) in [6, 6.07) is 9.15. The van der Waals surface area contributed by atoms with Crippen LogP contribution in [0.3, 0.4) is 0 Å². The van der Waals surface area contributed by atoms with Gasteiger partial charge in [-0.15, -0.1) is 10.2 Å². The minimum absolute atomic E-state index is 0.00393. The topological polar surface area (TPSA) is 82.6 Å². The number of nitrogens with zero attached hydrogens (tertiary/aromatic N) is 4. The molecule has 30 heavy (non-hydrogen) atoms. The maximum atomic E-state index is 13.1. The Morgan fingerprint density at radius 3 is 2.57 bits per heavy atom. The number of carbonyl (C=O) groups excluding carboxylic acids is 1. The van der Waals surface area contributed by atoms with Gasteiger partial charge < -0.3 is 23.4 Å². The van der Waals surface area contributed by atoms with E-state index in [0.29, 0.717) is 11.5 Å². The van der Waals surface area contributed by atoms with E-state index in [1.807, 2.05) is 0 Å². The number of alkyl halides is 3. The van der Waals surface area contributed by atoms with Gasteiger partial charge in [0.25, 0.3) is 11.9 Å². The molecule has 0 saturated heterocycles. The fourth-order valence-electron chi connectivity index (χ4n) is 3.32. The minimum atomic E-state index is -4.61. The van der Waals surface area contributed by atoms with Crippen molar-refractivity contribution < 1.29 is 31.9 Å². The summed E-state index contributed by atoms with van der Waals surface area (Å²) in [5.41, 5.74) is 0. The normalized spacial score (nSPS) is 16.3. The fourth-order valence-corrected chi connectivity index (χ4v) is 3.32. The van der Waals surface area contributed by atoms with E-state index in [-0.39, 0.29) is 30.6 Å². The highest BCUT2D eigenvalue weighted by Gasteiger charge is 2.42. The number of ether oxygens (including phenoxy) is 2. The first kappa shape index (κ1) is 19.8. The molecule has 0 saturated carbocycles. The van der Waals surface area contributed by atoms with E-state index in [2.05, 4.69) is 10.2 Å². The quantitative estimate of drug-likeness (QED) is 0.634. The molecular weight excluding hydrogens is 405 g/mol. The summed E-state index contributed by atoms with van der Waals surface area (Å²) in [7, 11) is 1.50. The first-order valence-corrected chi connectivity index (χ1v) is 9.01. The van der Waals surface area contributed by atoms with Crippen molar-refractivity contribution in [2.45, 2.75) is 25.7 Å². The molecule has 1 unspecified atom stereocenters. The first-order valence-electron chi connectivity index (χ1n) is 9.01. The van der Waals surface area contributed by atoms with Crippen LogP contribution in [0.15, 0.2) is 40.8 Å². The number of aromatic nitrogens is 3. The SMILES string of the molecule is COc1ccccc1Oc1ccc(C(=O)N2CCn3c(nnc3C(F)(F)F)C2C)o1. The molecule has 1 atom stereocenters. The summed E-state index contributed by atoms with van der Waals surface area (Å²) in [4.78, 5) is 14.3. The van der Waals surface area contributed by atoms with Gasteiger partial charge in [-0.3, -0.25) is 4.79 Å². The number of halogens is 3. The molecule has 11 heteroatoms. The molecule has 3 heterocycles. The van der Waals surface area contributed by atoms with Crippen molar-refractivity contribution in [3.63, 3.8) is 0 Å². The van der Waals surface area contributed by atoms with Crippen LogP contribution in [0.5, 0.6) is 17.4 Å². The Balaban J connectivity index is 1.53. The largest absolute Gasteiger partial charge is 0.493 e. The summed E-state index contributed by atoms with van der Waals surface area (Å²) in [6.07, 6.45) is -4.61. The Kier molecular flexibility index (Phi) is 4.88. The van der Waals surface area contributed by atoms with Crippen LogP contribution < -0.4 is 9.47 Å². The smallest absolute Gasteiger partial charge is 0.451 e. The van der Waals surface area contributed by atoms with Gasteiger partial charge in [0.15, 0.2) is 23.1 Å². The summed E-state index contributed by atoms with van der Waals surface area (Å²) in [5, 5.41) is 6.89. The monoisotopic (exact) mass is 422 g/mol. The number of furan rings is 1. The van der Waals surface area contributed by atoms with Gasteiger partial charge in [0.2, 0.25) is 5.82 Å². The van der Waals surface area contributed by atoms with Gasteiger partial charge in [0.1, 0.15) is 0 Å². The van der Waals surface area contributed by atoms with Crippen molar-refractivity contribution in [1.82, 2.24) is 19.7 Å². The summed E-state index contributed by atoms with van der Waals surface area (Å²) < 4.78 is 56.5. The van der Waals surface area contributed by atoms with Crippen molar-refractivity contribution in [2.24, 2.45) is 0 Å². The van der Waals surface area contributed by atoms with E-state index in [1.165, 1.54) is 24.1 Å². The van der Waals surface area contributed by atoms with Crippen molar-refractivity contribution in [3.8, 4) is 17.4 Å². The zero-order valence-corrected chi connectivity index (χ0v) is 16.0. The van der Waals surface area contributed by atoms with Crippen molar-refractivity contribution in [2.75, 3.05) is 13.7 Å². The summed E-state index contributed by atoms with van der Waals surface area (Å²) >= 11 is 0. The molecule has 1 aliphatic rings. The Hall–Kier alpha value is -3.50. The summed E-state index contributed by atoms with van der Waals surface area (Å²) in [5.74, 6) is -0.509. The van der Waals surface area contributed by atoms with Gasteiger partial charge in [0.05, 0.1) is 13.2 Å². The van der Waals surface area contributed by atoms with Crippen molar-refractivity contribution in [3.05, 3.63) is 53.8 Å². The second-order valence-electron chi connectivity index (χ2n) is 6.58. The predicted octanol–water partition coefficient (Wildman–Crippen LogP) is 3.91. The molecule has 1 aliphatic heterocycles. The van der Waals surface area contributed by atoms with Gasteiger partial charge >= 0.3 is 6.18 Å². The maximum Gasteiger partial charge on any atom is 0.451 e. The van der Waals surface area contributed by atoms with Gasteiger partial charge in [0, 0.05) is 19.2 Å². The molecule has 3 aromatic rings. The van der Waals surface area contributed by atoms with Crippen LogP contribution in [-0.4, -0.2) is 39.2 Å². The van der Waals surface area contributed by atoms with Gasteiger partial charge in [-0.1, -0.05) is 12.1 Å². The van der Waals surface area contributed by atoms with Crippen LogP contribution in [0.1, 0.15) is 35.2 Å². The van der Waals surface area contributed by atoms with Gasteiger partial charge in [-0.2, -0.15) is 13.2 Å². The highest BCUT2D eigenvalue weighted by atomic mass is 19.4. The van der Waals surface area contributed by atoms with E-state index in [0.717, 1.165) is 4.57 Å². The molecule has 0 spiro atoms. The minimum Gasteiger partial charge on any atom is -0.493 e. The third-order valence-corrected chi connectivity index (χ3v) is 4.77. The average Bonchev–Trinajstić information content (AvgIpc) is 3.35. The Bertz CT molecular complexity index is 1080. The fraction of sp³-hybridized carbons (Fsp3) is 0.316. The number of amides is 1. The zero-order chi connectivity index (χ0) is 21.5. The van der Waals surface area contributed by atoms with Gasteiger partial charge in [-0.25, -0.2) is 0 Å². The predicted molar refractivity (Wildman–Crippen MR) is 96.3 cm³/mol. The number of methoxy groups -OCH3 is 1. The van der Waals surface area contributed by atoms with Crippen LogP contribution >= 0.6 is 0 Å². The lowest BCUT2D eigenvalue weighted by molar-refractivity contribution is -0.148. The van der Waals surface area contributed by atoms with Crippen LogP contribution in [0.4, 0.5) is 13.2 Å². The van der Waals surface area contributed by atoms with E-state index >= 15 is 0 Å². The number of benzene rings is 1. The molecule has 2 aromatic heterocycles. The number of rotatable bonds is 4. The van der Waals surface area contributed by atoms with Crippen LogP contribution in [0.2, 0.25) is 0 Å². The zero-order valence-electron chi connectivity index (χ0n) is 16.0. The molecule has 0 bridgehead atoms. The third kappa shape index (κ3) is 3.46. The highest BCUT2D eigenvalue weighted by Crippen LogP contribution is 2.35. The van der Waals surface area contributed by atoms with Crippen LogP contribution in [0, 0.1) is 0 Å². The molecule has 0 fully saturated rings. The van der Waals surface area contributed by atoms with Gasteiger partial charge in [-0.05, 0) is 25.1 Å².